The molecule has 1 heterocycles. The first-order chi connectivity index (χ1) is 7.62. The van der Waals surface area contributed by atoms with Crippen LogP contribution in [0.15, 0.2) is 35.2 Å². The van der Waals surface area contributed by atoms with E-state index in [0.29, 0.717) is 11.4 Å². The Bertz CT molecular complexity index is 444. The van der Waals surface area contributed by atoms with Gasteiger partial charge in [0.25, 0.3) is 0 Å². The minimum Gasteiger partial charge on any atom is -0.315 e. The van der Waals surface area contributed by atoms with Gasteiger partial charge in [-0.15, -0.1) is 0 Å². The van der Waals surface area contributed by atoms with E-state index in [0.717, 1.165) is 19.3 Å². The van der Waals surface area contributed by atoms with E-state index in [1.807, 2.05) is 0 Å². The van der Waals surface area contributed by atoms with Crippen molar-refractivity contribution in [2.75, 3.05) is 6.54 Å². The second-order valence-corrected chi connectivity index (χ2v) is 5.88. The Kier molecular flexibility index (Phi) is 3.28. The third-order valence-electron chi connectivity index (χ3n) is 2.85. The van der Waals surface area contributed by atoms with Crippen LogP contribution in [-0.2, 0) is 10.0 Å². The van der Waals surface area contributed by atoms with Gasteiger partial charge in [-0.1, -0.05) is 18.2 Å². The molecule has 0 bridgehead atoms. The Morgan fingerprint density at radius 1 is 1.19 bits per heavy atom. The number of sulfonamides is 1. The summed E-state index contributed by atoms with van der Waals surface area (Å²) in [4.78, 5) is 0.326. The zero-order chi connectivity index (χ0) is 11.6. The number of rotatable bonds is 2. The number of benzene rings is 1. The van der Waals surface area contributed by atoms with Crippen molar-refractivity contribution in [3.8, 4) is 0 Å². The maximum absolute atomic E-state index is 12.2. The fourth-order valence-electron chi connectivity index (χ4n) is 1.96. The first-order valence-electron chi connectivity index (χ1n) is 5.45. The number of nitrogens with two attached hydrogens (primary N) is 1. The molecular formula is C11H16N2O2S. The first kappa shape index (κ1) is 11.6. The summed E-state index contributed by atoms with van der Waals surface area (Å²) in [5.41, 5.74) is 5.85. The lowest BCUT2D eigenvalue weighted by molar-refractivity contribution is 0.258. The van der Waals surface area contributed by atoms with Gasteiger partial charge in [0.1, 0.15) is 0 Å². The lowest BCUT2D eigenvalue weighted by atomic mass is 10.1. The lowest BCUT2D eigenvalue weighted by Gasteiger charge is -2.31. The van der Waals surface area contributed by atoms with E-state index in [1.165, 1.54) is 4.31 Å². The number of piperidine rings is 1. The number of nitrogens with zero attached hydrogens (tertiary/aromatic N) is 1. The van der Waals surface area contributed by atoms with Crippen LogP contribution in [0.25, 0.3) is 0 Å². The van der Waals surface area contributed by atoms with E-state index >= 15 is 0 Å². The van der Waals surface area contributed by atoms with E-state index in [-0.39, 0.29) is 6.17 Å². The fourth-order valence-corrected chi connectivity index (χ4v) is 3.56. The molecule has 1 aromatic rings. The van der Waals surface area contributed by atoms with Gasteiger partial charge < -0.3 is 5.73 Å². The molecule has 0 saturated carbocycles. The van der Waals surface area contributed by atoms with Gasteiger partial charge in [0.05, 0.1) is 11.1 Å². The highest BCUT2D eigenvalue weighted by Gasteiger charge is 2.30. The summed E-state index contributed by atoms with van der Waals surface area (Å²) >= 11 is 0. The second kappa shape index (κ2) is 4.53. The molecule has 4 nitrogen and oxygen atoms in total. The molecular weight excluding hydrogens is 224 g/mol. The smallest absolute Gasteiger partial charge is 0.244 e. The summed E-state index contributed by atoms with van der Waals surface area (Å²) in [7, 11) is -3.40. The van der Waals surface area contributed by atoms with Crippen LogP contribution >= 0.6 is 0 Å². The van der Waals surface area contributed by atoms with Crippen molar-refractivity contribution in [1.82, 2.24) is 4.31 Å². The molecule has 1 aliphatic heterocycles. The molecule has 2 rings (SSSR count). The van der Waals surface area contributed by atoms with Gasteiger partial charge >= 0.3 is 0 Å². The van der Waals surface area contributed by atoms with Crippen molar-refractivity contribution in [3.63, 3.8) is 0 Å². The van der Waals surface area contributed by atoms with Gasteiger partial charge in [-0.25, -0.2) is 8.42 Å². The highest BCUT2D eigenvalue weighted by molar-refractivity contribution is 7.89. The lowest BCUT2D eigenvalue weighted by Crippen LogP contribution is -2.48. The third-order valence-corrected chi connectivity index (χ3v) is 4.79. The van der Waals surface area contributed by atoms with Crippen molar-refractivity contribution in [1.29, 1.82) is 0 Å². The Morgan fingerprint density at radius 3 is 2.50 bits per heavy atom. The van der Waals surface area contributed by atoms with Crippen LogP contribution in [0.1, 0.15) is 19.3 Å². The summed E-state index contributed by atoms with van der Waals surface area (Å²) in [6, 6.07) is 8.47. The standard InChI is InChI=1S/C11H16N2O2S/c12-11-8-4-5-9-13(11)16(14,15)10-6-2-1-3-7-10/h1-3,6-7,11H,4-5,8-9,12H2. The molecule has 5 heteroatoms. The topological polar surface area (TPSA) is 63.4 Å². The molecule has 88 valence electrons. The quantitative estimate of drug-likeness (QED) is 0.843. The van der Waals surface area contributed by atoms with Crippen LogP contribution in [0.2, 0.25) is 0 Å². The molecule has 1 aromatic carbocycles. The summed E-state index contributed by atoms with van der Waals surface area (Å²) < 4.78 is 25.9. The molecule has 0 aromatic heterocycles. The van der Waals surface area contributed by atoms with Gasteiger partial charge in [-0.3, -0.25) is 0 Å². The zero-order valence-corrected chi connectivity index (χ0v) is 9.86. The van der Waals surface area contributed by atoms with Gasteiger partial charge in [-0.2, -0.15) is 4.31 Å². The molecule has 1 atom stereocenters. The highest BCUT2D eigenvalue weighted by Crippen LogP contribution is 2.22. The third kappa shape index (κ3) is 2.11. The van der Waals surface area contributed by atoms with E-state index in [1.54, 1.807) is 30.3 Å². The average molecular weight is 240 g/mol. The van der Waals surface area contributed by atoms with Crippen molar-refractivity contribution >= 4 is 10.0 Å². The molecule has 0 aliphatic carbocycles. The van der Waals surface area contributed by atoms with Crippen LogP contribution in [0.3, 0.4) is 0 Å². The normalized spacial score (nSPS) is 23.2. The van der Waals surface area contributed by atoms with Crippen molar-refractivity contribution < 1.29 is 8.42 Å². The first-order valence-corrected chi connectivity index (χ1v) is 6.89. The minimum absolute atomic E-state index is 0.326. The van der Waals surface area contributed by atoms with Crippen LogP contribution < -0.4 is 5.73 Å². The summed E-state index contributed by atoms with van der Waals surface area (Å²) in [5.74, 6) is 0. The number of hydrogen-bond acceptors (Lipinski definition) is 3. The van der Waals surface area contributed by atoms with Gasteiger partial charge in [0, 0.05) is 6.54 Å². The molecule has 16 heavy (non-hydrogen) atoms. The molecule has 1 unspecified atom stereocenters. The molecule has 0 spiro atoms. The summed E-state index contributed by atoms with van der Waals surface area (Å²) in [5, 5.41) is 0. The minimum atomic E-state index is -3.40. The monoisotopic (exact) mass is 240 g/mol. The van der Waals surface area contributed by atoms with Crippen LogP contribution in [-0.4, -0.2) is 25.4 Å². The fraction of sp³-hybridized carbons (Fsp3) is 0.455. The van der Waals surface area contributed by atoms with Gasteiger partial charge in [0.2, 0.25) is 10.0 Å². The molecule has 1 fully saturated rings. The van der Waals surface area contributed by atoms with E-state index in [9.17, 15) is 8.42 Å². The van der Waals surface area contributed by atoms with Crippen molar-refractivity contribution in [2.24, 2.45) is 5.73 Å². The highest BCUT2D eigenvalue weighted by atomic mass is 32.2. The average Bonchev–Trinajstić information content (AvgIpc) is 2.30. The summed E-state index contributed by atoms with van der Waals surface area (Å²) in [6.45, 7) is 0.526. The van der Waals surface area contributed by atoms with E-state index in [2.05, 4.69) is 0 Å². The predicted octanol–water partition coefficient (Wildman–Crippen LogP) is 1.15. The van der Waals surface area contributed by atoms with Crippen LogP contribution in [0.5, 0.6) is 0 Å². The maximum Gasteiger partial charge on any atom is 0.244 e. The zero-order valence-electron chi connectivity index (χ0n) is 9.04. The Labute approximate surface area is 96.1 Å². The van der Waals surface area contributed by atoms with Gasteiger partial charge in [-0.05, 0) is 31.4 Å². The summed E-state index contributed by atoms with van der Waals surface area (Å²) in [6.07, 6.45) is 2.26. The van der Waals surface area contributed by atoms with Crippen molar-refractivity contribution in [2.45, 2.75) is 30.3 Å². The molecule has 0 radical (unpaired) electrons. The Morgan fingerprint density at radius 2 is 1.88 bits per heavy atom. The molecule has 1 saturated heterocycles. The van der Waals surface area contributed by atoms with Crippen molar-refractivity contribution in [3.05, 3.63) is 30.3 Å². The maximum atomic E-state index is 12.2. The molecule has 1 aliphatic rings. The SMILES string of the molecule is NC1CCCCN1S(=O)(=O)c1ccccc1. The predicted molar refractivity (Wildman–Crippen MR) is 62.2 cm³/mol. The van der Waals surface area contributed by atoms with E-state index in [4.69, 9.17) is 5.73 Å². The van der Waals surface area contributed by atoms with E-state index < -0.39 is 10.0 Å². The van der Waals surface area contributed by atoms with Gasteiger partial charge in [0.15, 0.2) is 0 Å². The van der Waals surface area contributed by atoms with Crippen LogP contribution in [0.4, 0.5) is 0 Å². The molecule has 0 amide bonds. The van der Waals surface area contributed by atoms with Crippen LogP contribution in [0, 0.1) is 0 Å². The molecule has 2 N–H and O–H groups in total. The Hall–Kier alpha value is -0.910. The second-order valence-electron chi connectivity index (χ2n) is 3.99. The number of hydrogen-bond donors (Lipinski definition) is 1. The Balaban J connectivity index is 2.32. The largest absolute Gasteiger partial charge is 0.315 e.